The van der Waals surface area contributed by atoms with Crippen molar-refractivity contribution in [1.82, 2.24) is 0 Å². The first-order valence-electron chi connectivity index (χ1n) is 8.25. The Balaban J connectivity index is 1.74. The van der Waals surface area contributed by atoms with E-state index in [0.29, 0.717) is 6.61 Å². The van der Waals surface area contributed by atoms with Crippen LogP contribution < -0.4 is 0 Å². The maximum atomic E-state index is 12.6. The summed E-state index contributed by atoms with van der Waals surface area (Å²) in [5, 5.41) is 11.8. The molecule has 7 nitrogen and oxygen atoms in total. The molecule has 7 heteroatoms. The van der Waals surface area contributed by atoms with Crippen LogP contribution in [0.2, 0.25) is 0 Å². The average Bonchev–Trinajstić information content (AvgIpc) is 3.35. The standard InChI is InChI=1S/C17H20O7/c1-6(2)8-9-14(19)23-10(8)11(22-7(3)18)15(4)16(5-21-16)12-13(24-12)17(9,15)20/h8-13,20H,1,5H2,2-4H3/t8?,9?,10?,11-,12+,13-,15-,16+,17-/m0/s1. The molecule has 5 fully saturated rings. The number of carbonyl (C=O) groups excluding carboxylic acids is 2. The average molecular weight is 336 g/mol. The Morgan fingerprint density at radius 1 is 1.38 bits per heavy atom. The van der Waals surface area contributed by atoms with E-state index in [1.54, 1.807) is 6.92 Å². The largest absolute Gasteiger partial charge is 0.458 e. The Labute approximate surface area is 138 Å². The van der Waals surface area contributed by atoms with Crippen molar-refractivity contribution in [3.05, 3.63) is 12.2 Å². The monoisotopic (exact) mass is 336 g/mol. The first kappa shape index (κ1) is 14.9. The van der Waals surface area contributed by atoms with Gasteiger partial charge in [-0.15, -0.1) is 0 Å². The van der Waals surface area contributed by atoms with Crippen LogP contribution in [-0.2, 0) is 28.5 Å². The van der Waals surface area contributed by atoms with Crippen molar-refractivity contribution < 1.29 is 33.6 Å². The fourth-order valence-corrected chi connectivity index (χ4v) is 5.82. The van der Waals surface area contributed by atoms with Crippen molar-refractivity contribution in [2.75, 3.05) is 6.61 Å². The van der Waals surface area contributed by atoms with Crippen molar-refractivity contribution in [2.24, 2.45) is 17.3 Å². The Morgan fingerprint density at radius 2 is 2.04 bits per heavy atom. The van der Waals surface area contributed by atoms with Crippen LogP contribution in [0.5, 0.6) is 0 Å². The Hall–Kier alpha value is -1.44. The Bertz CT molecular complexity index is 697. The third kappa shape index (κ3) is 1.24. The van der Waals surface area contributed by atoms with Gasteiger partial charge in [0.25, 0.3) is 0 Å². The van der Waals surface area contributed by atoms with Crippen LogP contribution in [-0.4, -0.2) is 59.3 Å². The molecule has 0 aromatic rings. The molecule has 5 aliphatic rings. The molecule has 0 radical (unpaired) electrons. The van der Waals surface area contributed by atoms with E-state index in [1.807, 2.05) is 6.92 Å². The molecule has 2 saturated carbocycles. The number of carbonyl (C=O) groups is 2. The lowest BCUT2D eigenvalue weighted by Crippen LogP contribution is -2.71. The van der Waals surface area contributed by atoms with Gasteiger partial charge < -0.3 is 24.1 Å². The molecule has 1 N–H and O–H groups in total. The lowest BCUT2D eigenvalue weighted by Gasteiger charge is -2.54. The van der Waals surface area contributed by atoms with Gasteiger partial charge in [0.15, 0.2) is 6.10 Å². The van der Waals surface area contributed by atoms with Gasteiger partial charge in [-0.2, -0.15) is 0 Å². The SMILES string of the molecule is C=C(C)C1C2OC(=O)C1[C@]1(O)[C@H]3O[C@H]3[C@]3(CO3)[C@]1(C)[C@H]2OC(C)=O. The van der Waals surface area contributed by atoms with E-state index in [-0.39, 0.29) is 6.10 Å². The van der Waals surface area contributed by atoms with Crippen LogP contribution in [0, 0.1) is 17.3 Å². The molecule has 0 amide bonds. The molecule has 2 bridgehead atoms. The molecule has 3 heterocycles. The second-order valence-electron chi connectivity index (χ2n) is 7.96. The fraction of sp³-hybridized carbons (Fsp3) is 0.765. The minimum Gasteiger partial charge on any atom is -0.458 e. The first-order chi connectivity index (χ1) is 11.2. The minimum atomic E-state index is -1.51. The summed E-state index contributed by atoms with van der Waals surface area (Å²) in [7, 11) is 0. The van der Waals surface area contributed by atoms with E-state index in [4.69, 9.17) is 18.9 Å². The molecule has 3 saturated heterocycles. The van der Waals surface area contributed by atoms with Gasteiger partial charge in [-0.3, -0.25) is 9.59 Å². The van der Waals surface area contributed by atoms with E-state index < -0.39 is 58.7 Å². The van der Waals surface area contributed by atoms with Gasteiger partial charge in [0.1, 0.15) is 29.5 Å². The van der Waals surface area contributed by atoms with Crippen LogP contribution in [0.3, 0.4) is 0 Å². The van der Waals surface area contributed by atoms with Gasteiger partial charge in [-0.25, -0.2) is 0 Å². The quantitative estimate of drug-likeness (QED) is 0.429. The third-order valence-electron chi connectivity index (χ3n) is 6.97. The predicted molar refractivity (Wildman–Crippen MR) is 77.6 cm³/mol. The summed E-state index contributed by atoms with van der Waals surface area (Å²) in [4.78, 5) is 24.4. The van der Waals surface area contributed by atoms with Gasteiger partial charge in [0.2, 0.25) is 0 Å². The number of aliphatic hydroxyl groups is 1. The van der Waals surface area contributed by atoms with Gasteiger partial charge in [0.05, 0.1) is 17.9 Å². The zero-order valence-corrected chi connectivity index (χ0v) is 13.8. The number of epoxide rings is 2. The van der Waals surface area contributed by atoms with Crippen molar-refractivity contribution in [3.8, 4) is 0 Å². The molecule has 5 rings (SSSR count). The smallest absolute Gasteiger partial charge is 0.313 e. The van der Waals surface area contributed by atoms with Crippen LogP contribution in [0.1, 0.15) is 20.8 Å². The molecule has 2 aliphatic carbocycles. The Morgan fingerprint density at radius 3 is 2.58 bits per heavy atom. The van der Waals surface area contributed by atoms with Crippen molar-refractivity contribution >= 4 is 11.9 Å². The summed E-state index contributed by atoms with van der Waals surface area (Å²) in [5.74, 6) is -2.17. The van der Waals surface area contributed by atoms with Gasteiger partial charge in [-0.05, 0) is 13.8 Å². The summed E-state index contributed by atoms with van der Waals surface area (Å²) in [5.41, 5.74) is -2.48. The van der Waals surface area contributed by atoms with Crippen LogP contribution in [0.25, 0.3) is 0 Å². The lowest BCUT2D eigenvalue weighted by molar-refractivity contribution is -0.241. The molecule has 3 aliphatic heterocycles. The zero-order valence-electron chi connectivity index (χ0n) is 13.8. The molecule has 0 aromatic heterocycles. The van der Waals surface area contributed by atoms with Crippen molar-refractivity contribution in [1.29, 1.82) is 0 Å². The summed E-state index contributed by atoms with van der Waals surface area (Å²) in [6.07, 6.45) is -2.25. The van der Waals surface area contributed by atoms with Crippen LogP contribution in [0.4, 0.5) is 0 Å². The fourth-order valence-electron chi connectivity index (χ4n) is 5.82. The lowest BCUT2D eigenvalue weighted by atomic mass is 9.52. The highest BCUT2D eigenvalue weighted by Crippen LogP contribution is 2.76. The Kier molecular flexibility index (Phi) is 2.39. The van der Waals surface area contributed by atoms with Crippen LogP contribution in [0.15, 0.2) is 12.2 Å². The highest BCUT2D eigenvalue weighted by atomic mass is 16.7. The predicted octanol–water partition coefficient (Wildman–Crippen LogP) is -0.0470. The number of hydrogen-bond donors (Lipinski definition) is 1. The number of fused-ring (bicyclic) bond motifs is 8. The number of ether oxygens (including phenoxy) is 4. The first-order valence-corrected chi connectivity index (χ1v) is 8.25. The maximum absolute atomic E-state index is 12.6. The second kappa shape index (κ2) is 3.86. The number of hydrogen-bond acceptors (Lipinski definition) is 7. The molecular weight excluding hydrogens is 316 g/mol. The maximum Gasteiger partial charge on any atom is 0.313 e. The van der Waals surface area contributed by atoms with E-state index in [2.05, 4.69) is 6.58 Å². The summed E-state index contributed by atoms with van der Waals surface area (Å²) < 4.78 is 22.6. The van der Waals surface area contributed by atoms with Gasteiger partial charge in [0, 0.05) is 12.8 Å². The van der Waals surface area contributed by atoms with E-state index in [1.165, 1.54) is 6.92 Å². The van der Waals surface area contributed by atoms with Crippen LogP contribution >= 0.6 is 0 Å². The topological polar surface area (TPSA) is 97.9 Å². The van der Waals surface area contributed by atoms with E-state index in [0.717, 1.165) is 5.57 Å². The highest BCUT2D eigenvalue weighted by Gasteiger charge is 2.95. The molecular formula is C17H20O7. The number of rotatable bonds is 2. The van der Waals surface area contributed by atoms with E-state index >= 15 is 0 Å². The second-order valence-corrected chi connectivity index (χ2v) is 7.96. The van der Waals surface area contributed by atoms with E-state index in [9.17, 15) is 14.7 Å². The zero-order chi connectivity index (χ0) is 17.2. The summed E-state index contributed by atoms with van der Waals surface area (Å²) in [6, 6.07) is 0. The highest BCUT2D eigenvalue weighted by molar-refractivity contribution is 5.80. The molecule has 9 atom stereocenters. The number of esters is 2. The molecule has 3 unspecified atom stereocenters. The molecule has 130 valence electrons. The third-order valence-corrected chi connectivity index (χ3v) is 6.97. The van der Waals surface area contributed by atoms with Gasteiger partial charge >= 0.3 is 11.9 Å². The molecule has 24 heavy (non-hydrogen) atoms. The normalized spacial score (nSPS) is 58.8. The van der Waals surface area contributed by atoms with Gasteiger partial charge in [-0.1, -0.05) is 12.2 Å². The molecule has 0 aromatic carbocycles. The minimum absolute atomic E-state index is 0.275. The van der Waals surface area contributed by atoms with Crippen molar-refractivity contribution in [2.45, 2.75) is 56.4 Å². The summed E-state index contributed by atoms with van der Waals surface area (Å²) in [6.45, 7) is 9.33. The van der Waals surface area contributed by atoms with Crippen molar-refractivity contribution in [3.63, 3.8) is 0 Å². The summed E-state index contributed by atoms with van der Waals surface area (Å²) >= 11 is 0. The molecule has 1 spiro atoms.